The number of nitrogens with one attached hydrogen (secondary N) is 2. The monoisotopic (exact) mass is 348 g/mol. The average molecular weight is 348 g/mol. The fraction of sp³-hybridized carbons (Fsp3) is 0.632. The van der Waals surface area contributed by atoms with Gasteiger partial charge in [-0.2, -0.15) is 0 Å². The van der Waals surface area contributed by atoms with Gasteiger partial charge >= 0.3 is 6.09 Å². The maximum atomic E-state index is 12.2. The lowest BCUT2D eigenvalue weighted by molar-refractivity contribution is 0.0387. The molecule has 2 heterocycles. The van der Waals surface area contributed by atoms with Gasteiger partial charge in [0.05, 0.1) is 6.04 Å². The van der Waals surface area contributed by atoms with Gasteiger partial charge in [0.25, 0.3) is 0 Å². The maximum Gasteiger partial charge on any atom is 0.407 e. The fourth-order valence-electron chi connectivity index (χ4n) is 3.42. The molecule has 1 aromatic rings. The van der Waals surface area contributed by atoms with Crippen LogP contribution in [0.5, 0.6) is 0 Å². The molecule has 138 valence electrons. The second-order valence-electron chi connectivity index (χ2n) is 7.89. The van der Waals surface area contributed by atoms with E-state index in [1.165, 1.54) is 0 Å². The van der Waals surface area contributed by atoms with Crippen molar-refractivity contribution in [2.24, 2.45) is 0 Å². The van der Waals surface area contributed by atoms with E-state index in [9.17, 15) is 9.90 Å². The number of epoxide rings is 1. The Morgan fingerprint density at radius 2 is 2.16 bits per heavy atom. The van der Waals surface area contributed by atoms with Crippen molar-refractivity contribution < 1.29 is 19.4 Å². The topological polar surface area (TPSA) is 83.1 Å². The minimum atomic E-state index is -0.807. The highest BCUT2D eigenvalue weighted by atomic mass is 16.6. The van der Waals surface area contributed by atoms with Gasteiger partial charge in [0.2, 0.25) is 0 Å². The Kier molecular flexibility index (Phi) is 5.04. The Hall–Kier alpha value is -1.63. The zero-order valence-electron chi connectivity index (χ0n) is 15.1. The normalized spacial score (nSPS) is 27.8. The standard InChI is InChI=1S/C19H28N2O4/c1-18(2,3)25-17(23)21-14(12-13-8-5-4-6-9-13)15(22)16-19(24-16)10-7-11-20-19/h4-6,8-9,14-16,20,22H,7,10-12H2,1-3H3,(H,21,23). The first-order valence-electron chi connectivity index (χ1n) is 8.93. The Balaban J connectivity index is 1.69. The lowest BCUT2D eigenvalue weighted by Crippen LogP contribution is -2.50. The molecule has 3 rings (SSSR count). The Bertz CT molecular complexity index is 593. The second-order valence-corrected chi connectivity index (χ2v) is 7.89. The minimum absolute atomic E-state index is 0.307. The molecule has 25 heavy (non-hydrogen) atoms. The van der Waals surface area contributed by atoms with E-state index in [1.807, 2.05) is 51.1 Å². The lowest BCUT2D eigenvalue weighted by Gasteiger charge is -2.26. The van der Waals surface area contributed by atoms with Crippen molar-refractivity contribution in [3.05, 3.63) is 35.9 Å². The first-order valence-corrected chi connectivity index (χ1v) is 8.93. The number of ether oxygens (including phenoxy) is 2. The molecule has 0 saturated carbocycles. The second kappa shape index (κ2) is 6.94. The van der Waals surface area contributed by atoms with E-state index in [0.717, 1.165) is 24.9 Å². The van der Waals surface area contributed by atoms with Gasteiger partial charge in [-0.3, -0.25) is 5.32 Å². The van der Waals surface area contributed by atoms with Crippen molar-refractivity contribution in [1.82, 2.24) is 10.6 Å². The van der Waals surface area contributed by atoms with Crippen molar-refractivity contribution in [3.63, 3.8) is 0 Å². The molecule has 1 aromatic carbocycles. The van der Waals surface area contributed by atoms with E-state index in [4.69, 9.17) is 9.47 Å². The highest BCUT2D eigenvalue weighted by Gasteiger charge is 2.62. The molecule has 2 fully saturated rings. The molecule has 0 aliphatic carbocycles. The van der Waals surface area contributed by atoms with Crippen LogP contribution in [0.4, 0.5) is 4.79 Å². The summed E-state index contributed by atoms with van der Waals surface area (Å²) in [5.41, 5.74) is 0.0392. The molecule has 3 N–H and O–H groups in total. The number of rotatable bonds is 5. The molecule has 4 unspecified atom stereocenters. The number of aliphatic hydroxyl groups is 1. The SMILES string of the molecule is CC(C)(C)OC(=O)NC(Cc1ccccc1)C(O)C1OC12CCCN2. The fourth-order valence-corrected chi connectivity index (χ4v) is 3.42. The number of amides is 1. The number of carbonyl (C=O) groups is 1. The molecule has 0 aromatic heterocycles. The first kappa shape index (κ1) is 18.2. The molecule has 4 atom stereocenters. The van der Waals surface area contributed by atoms with Gasteiger partial charge in [0.15, 0.2) is 0 Å². The van der Waals surface area contributed by atoms with Gasteiger partial charge < -0.3 is 19.9 Å². The third-order valence-corrected chi connectivity index (χ3v) is 4.61. The average Bonchev–Trinajstić information content (AvgIpc) is 3.02. The number of benzene rings is 1. The molecular formula is C19H28N2O4. The summed E-state index contributed by atoms with van der Waals surface area (Å²) in [6, 6.07) is 9.31. The molecule has 0 bridgehead atoms. The summed E-state index contributed by atoms with van der Waals surface area (Å²) in [7, 11) is 0. The van der Waals surface area contributed by atoms with E-state index in [1.54, 1.807) is 0 Å². The van der Waals surface area contributed by atoms with E-state index < -0.39 is 29.6 Å². The third kappa shape index (κ3) is 4.51. The van der Waals surface area contributed by atoms with Gasteiger partial charge in [0, 0.05) is 0 Å². The van der Waals surface area contributed by atoms with Crippen molar-refractivity contribution in [2.75, 3.05) is 6.54 Å². The highest BCUT2D eigenvalue weighted by molar-refractivity contribution is 5.68. The minimum Gasteiger partial charge on any atom is -0.444 e. The summed E-state index contributed by atoms with van der Waals surface area (Å²) in [4.78, 5) is 12.2. The molecule has 0 radical (unpaired) electrons. The van der Waals surface area contributed by atoms with Crippen molar-refractivity contribution in [2.45, 2.75) is 69.6 Å². The van der Waals surface area contributed by atoms with Gasteiger partial charge in [-0.25, -0.2) is 4.79 Å². The molecule has 6 heteroatoms. The largest absolute Gasteiger partial charge is 0.444 e. The van der Waals surface area contributed by atoms with Crippen LogP contribution < -0.4 is 10.6 Å². The quantitative estimate of drug-likeness (QED) is 0.709. The van der Waals surface area contributed by atoms with Crippen molar-refractivity contribution in [3.8, 4) is 0 Å². The van der Waals surface area contributed by atoms with Crippen molar-refractivity contribution >= 4 is 6.09 Å². The molecule has 2 aliphatic rings. The van der Waals surface area contributed by atoms with E-state index >= 15 is 0 Å². The predicted molar refractivity (Wildman–Crippen MR) is 94.2 cm³/mol. The zero-order chi connectivity index (χ0) is 18.1. The summed E-state index contributed by atoms with van der Waals surface area (Å²) >= 11 is 0. The predicted octanol–water partition coefficient (Wildman–Crippen LogP) is 1.96. The van der Waals surface area contributed by atoms with Gasteiger partial charge in [-0.1, -0.05) is 30.3 Å². The summed E-state index contributed by atoms with van der Waals surface area (Å²) < 4.78 is 11.1. The van der Waals surface area contributed by atoms with E-state index in [-0.39, 0.29) is 6.10 Å². The maximum absolute atomic E-state index is 12.2. The zero-order valence-corrected chi connectivity index (χ0v) is 15.1. The molecular weight excluding hydrogens is 320 g/mol. The van der Waals surface area contributed by atoms with Crippen molar-refractivity contribution in [1.29, 1.82) is 0 Å². The molecule has 6 nitrogen and oxygen atoms in total. The van der Waals surface area contributed by atoms with Crippen LogP contribution in [0.3, 0.4) is 0 Å². The molecule has 2 aliphatic heterocycles. The van der Waals surface area contributed by atoms with Gasteiger partial charge in [-0.15, -0.1) is 0 Å². The van der Waals surface area contributed by atoms with Crippen LogP contribution in [0.15, 0.2) is 30.3 Å². The summed E-state index contributed by atoms with van der Waals surface area (Å²) in [5, 5.41) is 17.0. The van der Waals surface area contributed by atoms with Crippen LogP contribution in [-0.2, 0) is 15.9 Å². The Labute approximate surface area is 148 Å². The van der Waals surface area contributed by atoms with Crippen LogP contribution in [0.25, 0.3) is 0 Å². The van der Waals surface area contributed by atoms with Gasteiger partial charge in [-0.05, 0) is 52.1 Å². The third-order valence-electron chi connectivity index (χ3n) is 4.61. The first-order chi connectivity index (χ1) is 11.8. The number of alkyl carbamates (subject to hydrolysis) is 1. The van der Waals surface area contributed by atoms with E-state index in [2.05, 4.69) is 10.6 Å². The van der Waals surface area contributed by atoms with Crippen LogP contribution in [0.2, 0.25) is 0 Å². The Morgan fingerprint density at radius 1 is 1.44 bits per heavy atom. The van der Waals surface area contributed by atoms with Crippen LogP contribution in [0.1, 0.15) is 39.2 Å². The highest BCUT2D eigenvalue weighted by Crippen LogP contribution is 2.44. The molecule has 1 spiro atoms. The lowest BCUT2D eigenvalue weighted by atomic mass is 9.96. The van der Waals surface area contributed by atoms with Crippen LogP contribution in [-0.4, -0.2) is 47.3 Å². The van der Waals surface area contributed by atoms with E-state index in [0.29, 0.717) is 6.42 Å². The van der Waals surface area contributed by atoms with Gasteiger partial charge in [0.1, 0.15) is 23.5 Å². The number of hydrogen-bond acceptors (Lipinski definition) is 5. The number of aliphatic hydroxyl groups excluding tert-OH is 1. The number of carbonyl (C=O) groups excluding carboxylic acids is 1. The summed E-state index contributed by atoms with van der Waals surface area (Å²) in [6.07, 6.45) is 0.793. The summed E-state index contributed by atoms with van der Waals surface area (Å²) in [5.74, 6) is 0. The van der Waals surface area contributed by atoms with Crippen LogP contribution in [0, 0.1) is 0 Å². The Morgan fingerprint density at radius 3 is 2.76 bits per heavy atom. The smallest absolute Gasteiger partial charge is 0.407 e. The summed E-state index contributed by atoms with van der Waals surface area (Å²) in [6.45, 7) is 6.34. The molecule has 2 saturated heterocycles. The number of hydrogen-bond donors (Lipinski definition) is 3. The van der Waals surface area contributed by atoms with Crippen LogP contribution >= 0.6 is 0 Å². The molecule has 1 amide bonds.